The van der Waals surface area contributed by atoms with Gasteiger partial charge in [0.05, 0.1) is 25.7 Å². The first-order valence-corrected chi connectivity index (χ1v) is 8.84. The third kappa shape index (κ3) is 5.52. The van der Waals surface area contributed by atoms with Gasteiger partial charge in [0.1, 0.15) is 0 Å². The number of amides is 1. The topological polar surface area (TPSA) is 71.3 Å². The Bertz CT molecular complexity index is 764. The number of nitriles is 1. The summed E-state index contributed by atoms with van der Waals surface area (Å²) in [6.07, 6.45) is 2.13. The average Bonchev–Trinajstić information content (AvgIpc) is 2.66. The number of hydrogen-bond acceptors (Lipinski definition) is 4. The van der Waals surface area contributed by atoms with Crippen molar-refractivity contribution in [1.82, 2.24) is 0 Å². The van der Waals surface area contributed by atoms with E-state index < -0.39 is 0 Å². The van der Waals surface area contributed by atoms with Crippen LogP contribution in [-0.4, -0.2) is 19.1 Å². The lowest BCUT2D eigenvalue weighted by molar-refractivity contribution is 0.102. The smallest absolute Gasteiger partial charge is 0.255 e. The molecule has 0 aliphatic carbocycles. The van der Waals surface area contributed by atoms with E-state index in [0.29, 0.717) is 42.4 Å². The molecule has 0 heterocycles. The predicted molar refractivity (Wildman–Crippen MR) is 102 cm³/mol. The molecule has 0 radical (unpaired) electrons. The number of benzene rings is 2. The highest BCUT2D eigenvalue weighted by atomic mass is 16.5. The molecule has 0 aliphatic rings. The maximum atomic E-state index is 12.5. The highest BCUT2D eigenvalue weighted by molar-refractivity contribution is 6.04. The van der Waals surface area contributed by atoms with E-state index in [0.717, 1.165) is 18.4 Å². The minimum Gasteiger partial charge on any atom is -0.490 e. The summed E-state index contributed by atoms with van der Waals surface area (Å²) in [5.41, 5.74) is 2.10. The van der Waals surface area contributed by atoms with E-state index in [1.165, 1.54) is 0 Å². The first-order valence-electron chi connectivity index (χ1n) is 8.84. The molecule has 1 amide bonds. The highest BCUT2D eigenvalue weighted by Crippen LogP contribution is 2.29. The number of anilines is 1. The zero-order valence-electron chi connectivity index (χ0n) is 15.2. The first-order chi connectivity index (χ1) is 12.7. The lowest BCUT2D eigenvalue weighted by Crippen LogP contribution is -2.12. The average molecular weight is 352 g/mol. The number of carbonyl (C=O) groups excluding carboxylic acids is 1. The molecule has 2 aromatic rings. The minimum absolute atomic E-state index is 0.221. The SMILES string of the molecule is CCCOc1ccc(C(=O)Nc2ccc(CC#N)cc2)cc1OCCC. The Morgan fingerprint density at radius 3 is 2.27 bits per heavy atom. The van der Waals surface area contributed by atoms with Crippen LogP contribution in [0.25, 0.3) is 0 Å². The highest BCUT2D eigenvalue weighted by Gasteiger charge is 2.12. The van der Waals surface area contributed by atoms with E-state index in [1.54, 1.807) is 30.3 Å². The van der Waals surface area contributed by atoms with Crippen molar-refractivity contribution in [3.63, 3.8) is 0 Å². The fourth-order valence-electron chi connectivity index (χ4n) is 2.31. The van der Waals surface area contributed by atoms with Crippen molar-refractivity contribution in [1.29, 1.82) is 5.26 Å². The maximum Gasteiger partial charge on any atom is 0.255 e. The quantitative estimate of drug-likeness (QED) is 0.717. The zero-order chi connectivity index (χ0) is 18.8. The lowest BCUT2D eigenvalue weighted by atomic mass is 10.1. The lowest BCUT2D eigenvalue weighted by Gasteiger charge is -2.13. The van der Waals surface area contributed by atoms with E-state index >= 15 is 0 Å². The van der Waals surface area contributed by atoms with Crippen molar-refractivity contribution in [2.24, 2.45) is 0 Å². The molecule has 0 unspecified atom stereocenters. The van der Waals surface area contributed by atoms with Crippen molar-refractivity contribution >= 4 is 11.6 Å². The fraction of sp³-hybridized carbons (Fsp3) is 0.333. The molecule has 26 heavy (non-hydrogen) atoms. The second-order valence-electron chi connectivity index (χ2n) is 5.84. The standard InChI is InChI=1S/C21H24N2O3/c1-3-13-25-19-10-7-17(15-20(19)26-14-4-2)21(24)23-18-8-5-16(6-9-18)11-12-22/h5-10,15H,3-4,11,13-14H2,1-2H3,(H,23,24). The Morgan fingerprint density at radius 1 is 1.00 bits per heavy atom. The molecule has 0 spiro atoms. The van der Waals surface area contributed by atoms with Crippen molar-refractivity contribution < 1.29 is 14.3 Å². The summed E-state index contributed by atoms with van der Waals surface area (Å²) in [5.74, 6) is 1.01. The van der Waals surface area contributed by atoms with Crippen LogP contribution in [0.1, 0.15) is 42.6 Å². The molecule has 0 aliphatic heterocycles. The van der Waals surface area contributed by atoms with Gasteiger partial charge in [-0.3, -0.25) is 4.79 Å². The van der Waals surface area contributed by atoms with E-state index in [-0.39, 0.29) is 5.91 Å². The van der Waals surface area contributed by atoms with E-state index in [9.17, 15) is 4.79 Å². The van der Waals surface area contributed by atoms with Gasteiger partial charge in [0, 0.05) is 11.3 Å². The summed E-state index contributed by atoms with van der Waals surface area (Å²) in [6.45, 7) is 5.23. The molecule has 0 aromatic heterocycles. The minimum atomic E-state index is -0.221. The molecule has 1 N–H and O–H groups in total. The Balaban J connectivity index is 2.12. The van der Waals surface area contributed by atoms with E-state index in [4.69, 9.17) is 14.7 Å². The summed E-state index contributed by atoms with van der Waals surface area (Å²) in [5, 5.41) is 11.6. The van der Waals surface area contributed by atoms with Crippen LogP contribution in [0.5, 0.6) is 11.5 Å². The third-order valence-electron chi connectivity index (χ3n) is 3.62. The van der Waals surface area contributed by atoms with Crippen LogP contribution < -0.4 is 14.8 Å². The molecule has 136 valence electrons. The van der Waals surface area contributed by atoms with Crippen LogP contribution in [0.3, 0.4) is 0 Å². The van der Waals surface area contributed by atoms with E-state index in [1.807, 2.05) is 26.0 Å². The third-order valence-corrected chi connectivity index (χ3v) is 3.62. The Hall–Kier alpha value is -3.00. The maximum absolute atomic E-state index is 12.5. The van der Waals surface area contributed by atoms with Gasteiger partial charge >= 0.3 is 0 Å². The van der Waals surface area contributed by atoms with Gasteiger partial charge in [0.25, 0.3) is 5.91 Å². The molecule has 0 saturated heterocycles. The predicted octanol–water partition coefficient (Wildman–Crippen LogP) is 4.58. The van der Waals surface area contributed by atoms with Crippen LogP contribution >= 0.6 is 0 Å². The Kier molecular flexibility index (Phi) is 7.50. The van der Waals surface area contributed by atoms with Crippen LogP contribution in [0.4, 0.5) is 5.69 Å². The number of carbonyl (C=O) groups is 1. The van der Waals surface area contributed by atoms with E-state index in [2.05, 4.69) is 11.4 Å². The monoisotopic (exact) mass is 352 g/mol. The van der Waals surface area contributed by atoms with Gasteiger partial charge in [-0.25, -0.2) is 0 Å². The summed E-state index contributed by atoms with van der Waals surface area (Å²) in [6, 6.07) is 14.5. The molecule has 2 aromatic carbocycles. The number of hydrogen-bond donors (Lipinski definition) is 1. The summed E-state index contributed by atoms with van der Waals surface area (Å²) >= 11 is 0. The van der Waals surface area contributed by atoms with Crippen LogP contribution in [-0.2, 0) is 6.42 Å². The van der Waals surface area contributed by atoms with Crippen molar-refractivity contribution in [3.05, 3.63) is 53.6 Å². The molecule has 5 nitrogen and oxygen atoms in total. The number of rotatable bonds is 9. The van der Waals surface area contributed by atoms with Crippen LogP contribution in [0.2, 0.25) is 0 Å². The van der Waals surface area contributed by atoms with Gasteiger partial charge in [-0.1, -0.05) is 26.0 Å². The number of nitrogens with zero attached hydrogens (tertiary/aromatic N) is 1. The Labute approximate surface area is 154 Å². The molecule has 0 fully saturated rings. The van der Waals surface area contributed by atoms with Gasteiger partial charge < -0.3 is 14.8 Å². The van der Waals surface area contributed by atoms with Crippen LogP contribution in [0, 0.1) is 11.3 Å². The summed E-state index contributed by atoms with van der Waals surface area (Å²) < 4.78 is 11.4. The molecule has 2 rings (SSSR count). The second kappa shape index (κ2) is 10.1. The number of ether oxygens (including phenoxy) is 2. The molecular weight excluding hydrogens is 328 g/mol. The Morgan fingerprint density at radius 2 is 1.65 bits per heavy atom. The van der Waals surface area contributed by atoms with Gasteiger partial charge in [0.2, 0.25) is 0 Å². The second-order valence-corrected chi connectivity index (χ2v) is 5.84. The zero-order valence-corrected chi connectivity index (χ0v) is 15.2. The molecule has 0 saturated carbocycles. The molecule has 5 heteroatoms. The van der Waals surface area contributed by atoms with Crippen molar-refractivity contribution in [3.8, 4) is 17.6 Å². The van der Waals surface area contributed by atoms with Gasteiger partial charge in [-0.15, -0.1) is 0 Å². The normalized spacial score (nSPS) is 10.0. The fourth-order valence-corrected chi connectivity index (χ4v) is 2.31. The van der Waals surface area contributed by atoms with Gasteiger partial charge in [0.15, 0.2) is 11.5 Å². The molecule has 0 bridgehead atoms. The molecule has 0 atom stereocenters. The van der Waals surface area contributed by atoms with Gasteiger partial charge in [-0.05, 0) is 48.7 Å². The summed E-state index contributed by atoms with van der Waals surface area (Å²) in [4.78, 5) is 12.5. The first kappa shape index (κ1) is 19.3. The van der Waals surface area contributed by atoms with Crippen molar-refractivity contribution in [2.45, 2.75) is 33.1 Å². The summed E-state index contributed by atoms with van der Waals surface area (Å²) in [7, 11) is 0. The largest absolute Gasteiger partial charge is 0.490 e. The number of nitrogens with one attached hydrogen (secondary N) is 1. The van der Waals surface area contributed by atoms with Gasteiger partial charge in [-0.2, -0.15) is 5.26 Å². The van der Waals surface area contributed by atoms with Crippen LogP contribution in [0.15, 0.2) is 42.5 Å². The molecular formula is C21H24N2O3. The van der Waals surface area contributed by atoms with Crippen molar-refractivity contribution in [2.75, 3.05) is 18.5 Å².